The molecule has 1 N–H and O–H groups in total. The zero-order chi connectivity index (χ0) is 22.5. The maximum Gasteiger partial charge on any atom is 0.247 e. The Hall–Kier alpha value is -3.20. The van der Waals surface area contributed by atoms with Crippen molar-refractivity contribution in [3.8, 4) is 34.4 Å². The second kappa shape index (κ2) is 9.95. The summed E-state index contributed by atoms with van der Waals surface area (Å²) >= 11 is 1.58. The van der Waals surface area contributed by atoms with Crippen LogP contribution in [0.15, 0.2) is 41.6 Å². The molecule has 2 aromatic carbocycles. The molecule has 0 unspecified atom stereocenters. The van der Waals surface area contributed by atoms with Crippen molar-refractivity contribution in [2.45, 2.75) is 31.1 Å². The van der Waals surface area contributed by atoms with Crippen molar-refractivity contribution < 1.29 is 18.9 Å². The minimum atomic E-state index is -0.559. The van der Waals surface area contributed by atoms with Gasteiger partial charge in [-0.05, 0) is 24.6 Å². The highest BCUT2D eigenvalue weighted by Gasteiger charge is 2.28. The van der Waals surface area contributed by atoms with Gasteiger partial charge in [-0.1, -0.05) is 43.3 Å². The first kappa shape index (κ1) is 22.0. The summed E-state index contributed by atoms with van der Waals surface area (Å²) in [5, 5.41) is 12.8. The lowest BCUT2D eigenvalue weighted by atomic mass is 10.1. The normalized spacial score (nSPS) is 14.3. The fourth-order valence-corrected chi connectivity index (χ4v) is 4.28. The average molecular weight is 455 g/mol. The molecular formula is C23H26N4O4S. The Bertz CT molecular complexity index is 1070. The summed E-state index contributed by atoms with van der Waals surface area (Å²) in [6, 6.07) is 11.6. The molecule has 0 bridgehead atoms. The maximum atomic E-state index is 6.35. The topological polar surface area (TPSA) is 87.6 Å². The number of unbranched alkanes of at least 4 members (excludes halogenated alkanes) is 1. The minimum Gasteiger partial charge on any atom is -0.493 e. The van der Waals surface area contributed by atoms with E-state index in [0.29, 0.717) is 34.0 Å². The van der Waals surface area contributed by atoms with E-state index in [1.807, 2.05) is 36.4 Å². The monoisotopic (exact) mass is 454 g/mol. The van der Waals surface area contributed by atoms with Crippen LogP contribution < -0.4 is 24.3 Å². The molecule has 0 amide bonds. The number of anilines is 1. The molecule has 0 radical (unpaired) electrons. The summed E-state index contributed by atoms with van der Waals surface area (Å²) < 4.78 is 22.9. The van der Waals surface area contributed by atoms with Crippen LogP contribution >= 0.6 is 11.8 Å². The van der Waals surface area contributed by atoms with Crippen LogP contribution in [0.3, 0.4) is 0 Å². The predicted octanol–water partition coefficient (Wildman–Crippen LogP) is 4.96. The number of hydrogen-bond donors (Lipinski definition) is 1. The third-order valence-electron chi connectivity index (χ3n) is 5.05. The average Bonchev–Trinajstić information content (AvgIpc) is 2.99. The number of benzene rings is 2. The molecule has 0 aliphatic carbocycles. The number of rotatable bonds is 8. The molecule has 3 aromatic rings. The number of nitrogens with one attached hydrogen (secondary N) is 1. The van der Waals surface area contributed by atoms with E-state index in [1.54, 1.807) is 33.1 Å². The van der Waals surface area contributed by atoms with E-state index in [1.165, 1.54) is 0 Å². The Morgan fingerprint density at radius 2 is 1.78 bits per heavy atom. The molecule has 0 spiro atoms. The Balaban J connectivity index is 1.78. The summed E-state index contributed by atoms with van der Waals surface area (Å²) in [6.45, 7) is 2.16. The number of para-hydroxylation sites is 1. The standard InChI is InChI=1S/C23H26N4O4S/c1-5-6-11-32-23-25-22-19(26-27-23)15-9-7-8-10-16(15)24-21(31-22)14-12-17(28-2)20(30-4)18(13-14)29-3/h7-10,12-13,21,24H,5-6,11H2,1-4H3/t21-/m0/s1. The molecule has 32 heavy (non-hydrogen) atoms. The molecule has 0 saturated heterocycles. The molecule has 2 heterocycles. The van der Waals surface area contributed by atoms with Gasteiger partial charge in [-0.25, -0.2) is 0 Å². The second-order valence-electron chi connectivity index (χ2n) is 7.10. The van der Waals surface area contributed by atoms with Gasteiger partial charge in [0.15, 0.2) is 23.4 Å². The fraction of sp³-hybridized carbons (Fsp3) is 0.348. The molecule has 1 aromatic heterocycles. The van der Waals surface area contributed by atoms with Crippen LogP contribution in [-0.2, 0) is 0 Å². The highest BCUT2D eigenvalue weighted by atomic mass is 32.2. The van der Waals surface area contributed by atoms with Crippen LogP contribution in [0.2, 0.25) is 0 Å². The molecule has 8 nitrogen and oxygen atoms in total. The van der Waals surface area contributed by atoms with Gasteiger partial charge in [-0.2, -0.15) is 4.98 Å². The van der Waals surface area contributed by atoms with Crippen molar-refractivity contribution >= 4 is 17.4 Å². The van der Waals surface area contributed by atoms with Crippen LogP contribution in [0.5, 0.6) is 23.1 Å². The summed E-state index contributed by atoms with van der Waals surface area (Å²) in [7, 11) is 4.75. The Morgan fingerprint density at radius 3 is 2.47 bits per heavy atom. The van der Waals surface area contributed by atoms with E-state index in [0.717, 1.165) is 35.4 Å². The smallest absolute Gasteiger partial charge is 0.247 e. The molecule has 1 aliphatic heterocycles. The van der Waals surface area contributed by atoms with Crippen LogP contribution in [0.1, 0.15) is 31.6 Å². The van der Waals surface area contributed by atoms with Crippen molar-refractivity contribution in [3.05, 3.63) is 42.0 Å². The molecule has 1 atom stereocenters. The van der Waals surface area contributed by atoms with Gasteiger partial charge in [0.25, 0.3) is 0 Å². The highest BCUT2D eigenvalue weighted by Crippen LogP contribution is 2.43. The first-order valence-electron chi connectivity index (χ1n) is 10.4. The maximum absolute atomic E-state index is 6.35. The number of methoxy groups -OCH3 is 3. The van der Waals surface area contributed by atoms with Gasteiger partial charge in [0.1, 0.15) is 0 Å². The quantitative estimate of drug-likeness (QED) is 0.375. The van der Waals surface area contributed by atoms with E-state index >= 15 is 0 Å². The van der Waals surface area contributed by atoms with Crippen molar-refractivity contribution in [2.75, 3.05) is 32.4 Å². The van der Waals surface area contributed by atoms with Crippen molar-refractivity contribution in [1.82, 2.24) is 15.2 Å². The first-order valence-corrected chi connectivity index (χ1v) is 11.4. The van der Waals surface area contributed by atoms with Crippen LogP contribution in [0, 0.1) is 0 Å². The lowest BCUT2D eigenvalue weighted by Gasteiger charge is -2.21. The van der Waals surface area contributed by atoms with Crippen molar-refractivity contribution in [1.29, 1.82) is 0 Å². The highest BCUT2D eigenvalue weighted by molar-refractivity contribution is 7.99. The van der Waals surface area contributed by atoms with Crippen LogP contribution in [0.25, 0.3) is 11.3 Å². The predicted molar refractivity (Wildman–Crippen MR) is 124 cm³/mol. The second-order valence-corrected chi connectivity index (χ2v) is 8.16. The number of nitrogens with zero attached hydrogens (tertiary/aromatic N) is 3. The number of thioether (sulfide) groups is 1. The van der Waals surface area contributed by atoms with Gasteiger partial charge >= 0.3 is 0 Å². The van der Waals surface area contributed by atoms with Gasteiger partial charge < -0.3 is 24.3 Å². The lowest BCUT2D eigenvalue weighted by molar-refractivity contribution is 0.223. The number of ether oxygens (including phenoxy) is 4. The zero-order valence-corrected chi connectivity index (χ0v) is 19.4. The summed E-state index contributed by atoms with van der Waals surface area (Å²) in [4.78, 5) is 4.68. The largest absolute Gasteiger partial charge is 0.493 e. The molecule has 1 aliphatic rings. The van der Waals surface area contributed by atoms with E-state index < -0.39 is 6.23 Å². The van der Waals surface area contributed by atoms with Gasteiger partial charge in [-0.15, -0.1) is 10.2 Å². The summed E-state index contributed by atoms with van der Waals surface area (Å²) in [5.74, 6) is 2.97. The van der Waals surface area contributed by atoms with E-state index in [4.69, 9.17) is 18.9 Å². The van der Waals surface area contributed by atoms with Gasteiger partial charge in [0, 0.05) is 22.6 Å². The van der Waals surface area contributed by atoms with Gasteiger partial charge in [-0.3, -0.25) is 0 Å². The third kappa shape index (κ3) is 4.38. The van der Waals surface area contributed by atoms with Gasteiger partial charge in [0.05, 0.1) is 21.3 Å². The summed E-state index contributed by atoms with van der Waals surface area (Å²) in [6.07, 6.45) is 1.64. The number of aromatic nitrogens is 3. The number of hydrogen-bond acceptors (Lipinski definition) is 9. The molecule has 0 saturated carbocycles. The lowest BCUT2D eigenvalue weighted by Crippen LogP contribution is -2.17. The minimum absolute atomic E-state index is 0.426. The fourth-order valence-electron chi connectivity index (χ4n) is 3.42. The summed E-state index contributed by atoms with van der Waals surface area (Å²) in [5.41, 5.74) is 3.14. The van der Waals surface area contributed by atoms with E-state index in [2.05, 4.69) is 27.4 Å². The number of fused-ring (bicyclic) bond motifs is 3. The molecular weight excluding hydrogens is 428 g/mol. The van der Waals surface area contributed by atoms with Crippen LogP contribution in [0.4, 0.5) is 5.69 Å². The third-order valence-corrected chi connectivity index (χ3v) is 5.98. The van der Waals surface area contributed by atoms with Gasteiger partial charge in [0.2, 0.25) is 16.8 Å². The van der Waals surface area contributed by atoms with Crippen LogP contribution in [-0.4, -0.2) is 42.3 Å². The molecule has 4 rings (SSSR count). The van der Waals surface area contributed by atoms with Crippen molar-refractivity contribution in [3.63, 3.8) is 0 Å². The molecule has 0 fully saturated rings. The Kier molecular flexibility index (Phi) is 6.84. The van der Waals surface area contributed by atoms with E-state index in [-0.39, 0.29) is 0 Å². The SMILES string of the molecule is CCCCSc1nnc2c(n1)O[C@@H](c1cc(OC)c(OC)c(OC)c1)Nc1ccccc1-2. The molecule has 168 valence electrons. The Labute approximate surface area is 191 Å². The Morgan fingerprint density at radius 1 is 1.03 bits per heavy atom. The first-order chi connectivity index (χ1) is 15.7. The van der Waals surface area contributed by atoms with E-state index in [9.17, 15) is 0 Å². The molecule has 9 heteroatoms. The van der Waals surface area contributed by atoms with Crippen molar-refractivity contribution in [2.24, 2.45) is 0 Å². The zero-order valence-electron chi connectivity index (χ0n) is 18.5.